The molecule has 1 N–H and O–H groups in total. The predicted octanol–water partition coefficient (Wildman–Crippen LogP) is 5.02. The van der Waals surface area contributed by atoms with E-state index in [0.29, 0.717) is 12.1 Å². The smallest absolute Gasteiger partial charge is 0.384 e. The molecule has 28 heavy (non-hydrogen) atoms. The van der Waals surface area contributed by atoms with Gasteiger partial charge in [0, 0.05) is 0 Å². The molecule has 1 aromatic rings. The number of ether oxygens (including phenoxy) is 1. The Balaban J connectivity index is 2.76. The van der Waals surface area contributed by atoms with Crippen molar-refractivity contribution in [2.75, 3.05) is 6.61 Å². The lowest BCUT2D eigenvalue weighted by atomic mass is 9.68. The van der Waals surface area contributed by atoms with Crippen LogP contribution in [-0.4, -0.2) is 47.0 Å². The van der Waals surface area contributed by atoms with Crippen molar-refractivity contribution in [2.45, 2.75) is 48.3 Å². The zero-order chi connectivity index (χ0) is 22.0. The summed E-state index contributed by atoms with van der Waals surface area (Å²) < 4.78 is 156. The van der Waals surface area contributed by atoms with Crippen molar-refractivity contribution in [3.8, 4) is 5.75 Å². The van der Waals surface area contributed by atoms with Gasteiger partial charge >= 0.3 is 29.6 Å². The molecule has 2 nitrogen and oxygen atoms in total. The minimum absolute atomic E-state index is 0.102. The van der Waals surface area contributed by atoms with E-state index >= 15 is 0 Å². The molecule has 1 aromatic carbocycles. The Kier molecular flexibility index (Phi) is 4.90. The number of alkyl halides is 11. The molecule has 0 spiro atoms. The SMILES string of the molecule is CCOc1cccc(C(O)C2(F)C(F)(F)C(F)(F)C(F)(F)C(F)(F)C2(F)F)c1. The maximum atomic E-state index is 14.8. The molecule has 1 saturated carbocycles. The normalized spacial score (nSPS) is 27.0. The molecular weight excluding hydrogens is 421 g/mol. The standard InChI is InChI=1S/C15H11F11O2/c1-2-28-8-5-3-4-7(6-8)9(27)10(16)11(17,18)13(21,22)15(25,26)14(23,24)12(10,19)20/h3-6,9,27H,2H2,1H3. The van der Waals surface area contributed by atoms with Crippen LogP contribution in [0.4, 0.5) is 48.3 Å². The van der Waals surface area contributed by atoms with Gasteiger partial charge in [-0.2, -0.15) is 43.9 Å². The van der Waals surface area contributed by atoms with Crippen molar-refractivity contribution >= 4 is 0 Å². The molecule has 0 amide bonds. The molecule has 0 aliphatic heterocycles. The van der Waals surface area contributed by atoms with E-state index in [0.717, 1.165) is 12.1 Å². The van der Waals surface area contributed by atoms with Crippen LogP contribution in [0.15, 0.2) is 24.3 Å². The lowest BCUT2D eigenvalue weighted by Gasteiger charge is -2.53. The van der Waals surface area contributed by atoms with Gasteiger partial charge in [0.2, 0.25) is 0 Å². The Morgan fingerprint density at radius 3 is 1.64 bits per heavy atom. The maximum Gasteiger partial charge on any atom is 0.384 e. The Morgan fingerprint density at radius 2 is 1.21 bits per heavy atom. The molecule has 0 heterocycles. The Bertz CT molecular complexity index is 717. The van der Waals surface area contributed by atoms with Crippen molar-refractivity contribution < 1.29 is 58.1 Å². The highest BCUT2D eigenvalue weighted by atomic mass is 19.4. The molecule has 0 radical (unpaired) electrons. The topological polar surface area (TPSA) is 29.5 Å². The van der Waals surface area contributed by atoms with Crippen LogP contribution in [0.1, 0.15) is 18.6 Å². The third-order valence-corrected chi connectivity index (χ3v) is 4.35. The minimum Gasteiger partial charge on any atom is -0.494 e. The molecule has 0 bridgehead atoms. The Hall–Kier alpha value is -1.79. The number of aliphatic hydroxyl groups excluding tert-OH is 1. The molecule has 1 aliphatic carbocycles. The molecule has 160 valence electrons. The van der Waals surface area contributed by atoms with E-state index in [1.807, 2.05) is 0 Å². The van der Waals surface area contributed by atoms with E-state index in [9.17, 15) is 53.4 Å². The van der Waals surface area contributed by atoms with Crippen molar-refractivity contribution in [3.05, 3.63) is 29.8 Å². The Morgan fingerprint density at radius 1 is 0.786 bits per heavy atom. The molecule has 1 unspecified atom stereocenters. The summed E-state index contributed by atoms with van der Waals surface area (Å²) in [6.45, 7) is 1.29. The molecule has 1 fully saturated rings. The summed E-state index contributed by atoms with van der Waals surface area (Å²) in [5.41, 5.74) is -7.80. The lowest BCUT2D eigenvalue weighted by Crippen LogP contribution is -2.84. The molecular formula is C15H11F11O2. The van der Waals surface area contributed by atoms with Crippen molar-refractivity contribution in [1.82, 2.24) is 0 Å². The van der Waals surface area contributed by atoms with Crippen LogP contribution in [0.5, 0.6) is 5.75 Å². The van der Waals surface area contributed by atoms with Gasteiger partial charge < -0.3 is 9.84 Å². The highest BCUT2D eigenvalue weighted by molar-refractivity contribution is 5.36. The summed E-state index contributed by atoms with van der Waals surface area (Å²) in [4.78, 5) is 0. The van der Waals surface area contributed by atoms with Crippen molar-refractivity contribution in [1.29, 1.82) is 0 Å². The number of halogens is 11. The van der Waals surface area contributed by atoms with Crippen molar-refractivity contribution in [3.63, 3.8) is 0 Å². The van der Waals surface area contributed by atoms with Crippen LogP contribution in [0.2, 0.25) is 0 Å². The maximum absolute atomic E-state index is 14.8. The number of rotatable bonds is 4. The first-order chi connectivity index (χ1) is 12.4. The molecule has 1 atom stereocenters. The van der Waals surface area contributed by atoms with Crippen molar-refractivity contribution in [2.24, 2.45) is 0 Å². The number of hydrogen-bond acceptors (Lipinski definition) is 2. The highest BCUT2D eigenvalue weighted by Crippen LogP contribution is 2.71. The van der Waals surface area contributed by atoms with Gasteiger partial charge in [0.25, 0.3) is 5.67 Å². The van der Waals surface area contributed by atoms with Gasteiger partial charge in [-0.05, 0) is 24.6 Å². The second-order valence-corrected chi connectivity index (χ2v) is 5.99. The van der Waals surface area contributed by atoms with Gasteiger partial charge in [0.15, 0.2) is 0 Å². The summed E-state index contributed by atoms with van der Waals surface area (Å²) in [6, 6.07) is 2.77. The predicted molar refractivity (Wildman–Crippen MR) is 71.1 cm³/mol. The quantitative estimate of drug-likeness (QED) is 0.678. The van der Waals surface area contributed by atoms with Gasteiger partial charge in [-0.3, -0.25) is 0 Å². The van der Waals surface area contributed by atoms with Crippen LogP contribution in [0, 0.1) is 0 Å². The fraction of sp³-hybridized carbons (Fsp3) is 0.600. The van der Waals surface area contributed by atoms with E-state index in [1.165, 1.54) is 6.92 Å². The van der Waals surface area contributed by atoms with Crippen LogP contribution >= 0.6 is 0 Å². The highest BCUT2D eigenvalue weighted by Gasteiger charge is 3.02. The summed E-state index contributed by atoms with van der Waals surface area (Å²) in [6.07, 6.45) is -4.05. The van der Waals surface area contributed by atoms with Crippen LogP contribution in [0.3, 0.4) is 0 Å². The first kappa shape index (κ1) is 22.5. The molecule has 2 rings (SSSR count). The summed E-state index contributed by atoms with van der Waals surface area (Å²) in [5, 5.41) is 9.70. The zero-order valence-corrected chi connectivity index (χ0v) is 13.6. The van der Waals surface area contributed by atoms with Gasteiger partial charge in [-0.15, -0.1) is 0 Å². The molecule has 0 saturated heterocycles. The first-order valence-electron chi connectivity index (χ1n) is 7.44. The zero-order valence-electron chi connectivity index (χ0n) is 13.6. The van der Waals surface area contributed by atoms with E-state index in [-0.39, 0.29) is 12.4 Å². The largest absolute Gasteiger partial charge is 0.494 e. The fourth-order valence-electron chi connectivity index (χ4n) is 2.76. The van der Waals surface area contributed by atoms with E-state index < -0.39 is 46.9 Å². The van der Waals surface area contributed by atoms with Gasteiger partial charge in [0.05, 0.1) is 6.61 Å². The lowest BCUT2D eigenvalue weighted by molar-refractivity contribution is -0.494. The summed E-state index contributed by atoms with van der Waals surface area (Å²) in [5.74, 6) is -36.4. The van der Waals surface area contributed by atoms with Gasteiger partial charge in [-0.25, -0.2) is 4.39 Å². The summed E-state index contributed by atoms with van der Waals surface area (Å²) >= 11 is 0. The number of hydrogen-bond donors (Lipinski definition) is 1. The third kappa shape index (κ3) is 2.31. The van der Waals surface area contributed by atoms with E-state index in [4.69, 9.17) is 4.74 Å². The van der Waals surface area contributed by atoms with Crippen LogP contribution in [0.25, 0.3) is 0 Å². The molecule has 0 aromatic heterocycles. The first-order valence-corrected chi connectivity index (χ1v) is 7.44. The van der Waals surface area contributed by atoms with Gasteiger partial charge in [0.1, 0.15) is 11.9 Å². The van der Waals surface area contributed by atoms with E-state index in [2.05, 4.69) is 0 Å². The van der Waals surface area contributed by atoms with Crippen LogP contribution < -0.4 is 4.74 Å². The number of benzene rings is 1. The second kappa shape index (κ2) is 6.10. The Labute approximate surface area is 149 Å². The van der Waals surface area contributed by atoms with Gasteiger partial charge in [-0.1, -0.05) is 12.1 Å². The fourth-order valence-corrected chi connectivity index (χ4v) is 2.76. The minimum atomic E-state index is -7.32. The number of aliphatic hydroxyl groups is 1. The van der Waals surface area contributed by atoms with E-state index in [1.54, 1.807) is 0 Å². The second-order valence-electron chi connectivity index (χ2n) is 5.99. The average Bonchev–Trinajstić information content (AvgIpc) is 2.59. The third-order valence-electron chi connectivity index (χ3n) is 4.35. The molecule has 1 aliphatic rings. The summed E-state index contributed by atoms with van der Waals surface area (Å²) in [7, 11) is 0. The van der Waals surface area contributed by atoms with Crippen LogP contribution in [-0.2, 0) is 0 Å². The molecule has 13 heteroatoms. The monoisotopic (exact) mass is 432 g/mol. The average molecular weight is 432 g/mol.